The van der Waals surface area contributed by atoms with Gasteiger partial charge < -0.3 is 9.72 Å². The number of hydrogen-bond donors (Lipinski definition) is 1. The maximum Gasteiger partial charge on any atom is 0.573 e. The molecule has 1 unspecified atom stereocenters. The van der Waals surface area contributed by atoms with E-state index in [1.807, 2.05) is 6.20 Å². The molecule has 116 valence electrons. The van der Waals surface area contributed by atoms with Gasteiger partial charge in [-0.1, -0.05) is 26.7 Å². The van der Waals surface area contributed by atoms with Gasteiger partial charge in [0, 0.05) is 17.1 Å². The second kappa shape index (κ2) is 6.41. The number of nitrogens with one attached hydrogen (secondary N) is 1. The molecule has 0 spiro atoms. The van der Waals surface area contributed by atoms with Crippen LogP contribution in [0, 0.1) is 0 Å². The summed E-state index contributed by atoms with van der Waals surface area (Å²) in [4.78, 5) is 3.13. The minimum Gasteiger partial charge on any atom is -0.406 e. The zero-order valence-corrected chi connectivity index (χ0v) is 12.3. The van der Waals surface area contributed by atoms with Gasteiger partial charge in [0.2, 0.25) is 0 Å². The Kier molecular flexibility index (Phi) is 4.80. The van der Waals surface area contributed by atoms with E-state index in [0.717, 1.165) is 42.1 Å². The van der Waals surface area contributed by atoms with Gasteiger partial charge in [-0.25, -0.2) is 0 Å². The molecule has 1 N–H and O–H groups in total. The number of benzene rings is 1. The van der Waals surface area contributed by atoms with Crippen LogP contribution in [-0.4, -0.2) is 11.3 Å². The Balaban J connectivity index is 2.33. The number of alkyl halides is 3. The third kappa shape index (κ3) is 3.93. The number of H-pyrrole nitrogens is 1. The van der Waals surface area contributed by atoms with Crippen molar-refractivity contribution in [3.05, 3.63) is 30.0 Å². The molecule has 1 aromatic heterocycles. The fourth-order valence-corrected chi connectivity index (χ4v) is 2.69. The molecular weight excluding hydrogens is 279 g/mol. The van der Waals surface area contributed by atoms with Gasteiger partial charge in [0.15, 0.2) is 0 Å². The highest BCUT2D eigenvalue weighted by Gasteiger charge is 2.31. The lowest BCUT2D eigenvalue weighted by Crippen LogP contribution is -2.17. The van der Waals surface area contributed by atoms with E-state index < -0.39 is 6.36 Å². The smallest absolute Gasteiger partial charge is 0.406 e. The van der Waals surface area contributed by atoms with Crippen molar-refractivity contribution in [3.63, 3.8) is 0 Å². The SMILES string of the molecule is CCCCC(CC)c1c[nH]c2ccc(OC(F)(F)F)cc12. The second-order valence-corrected chi connectivity index (χ2v) is 5.25. The standard InChI is InChI=1S/C16H20F3NO/c1-3-5-6-11(4-2)14-10-20-15-8-7-12(9-13(14)15)21-16(17,18)19/h7-11,20H,3-6H2,1-2H3. The lowest BCUT2D eigenvalue weighted by atomic mass is 9.91. The average molecular weight is 299 g/mol. The van der Waals surface area contributed by atoms with Gasteiger partial charge in [-0.15, -0.1) is 13.2 Å². The third-order valence-corrected chi connectivity index (χ3v) is 3.76. The number of hydrogen-bond acceptors (Lipinski definition) is 1. The van der Waals surface area contributed by atoms with Crippen molar-refractivity contribution in [2.24, 2.45) is 0 Å². The van der Waals surface area contributed by atoms with Crippen molar-refractivity contribution < 1.29 is 17.9 Å². The van der Waals surface area contributed by atoms with Crippen LogP contribution < -0.4 is 4.74 Å². The summed E-state index contributed by atoms with van der Waals surface area (Å²) in [6, 6.07) is 4.44. The minimum atomic E-state index is -4.66. The summed E-state index contributed by atoms with van der Waals surface area (Å²) < 4.78 is 41.0. The molecule has 5 heteroatoms. The summed E-state index contributed by atoms with van der Waals surface area (Å²) in [5, 5.41) is 0.819. The zero-order valence-electron chi connectivity index (χ0n) is 12.3. The molecule has 21 heavy (non-hydrogen) atoms. The van der Waals surface area contributed by atoms with Crippen molar-refractivity contribution in [1.29, 1.82) is 0 Å². The molecule has 0 saturated carbocycles. The fourth-order valence-electron chi connectivity index (χ4n) is 2.69. The van der Waals surface area contributed by atoms with E-state index in [4.69, 9.17) is 0 Å². The van der Waals surface area contributed by atoms with E-state index in [9.17, 15) is 13.2 Å². The number of ether oxygens (including phenoxy) is 1. The summed E-state index contributed by atoms with van der Waals surface area (Å²) in [5.74, 6) is 0.195. The van der Waals surface area contributed by atoms with Gasteiger partial charge in [-0.3, -0.25) is 0 Å². The first-order valence-corrected chi connectivity index (χ1v) is 7.31. The van der Waals surface area contributed by atoms with Crippen LogP contribution in [0.4, 0.5) is 13.2 Å². The quantitative estimate of drug-likeness (QED) is 0.721. The molecule has 2 rings (SSSR count). The highest BCUT2D eigenvalue weighted by molar-refractivity contribution is 5.85. The van der Waals surface area contributed by atoms with Gasteiger partial charge in [0.1, 0.15) is 5.75 Å². The highest BCUT2D eigenvalue weighted by atomic mass is 19.4. The summed E-state index contributed by atoms with van der Waals surface area (Å²) in [6.45, 7) is 4.24. The molecule has 1 atom stereocenters. The molecule has 0 aliphatic rings. The third-order valence-electron chi connectivity index (χ3n) is 3.76. The Morgan fingerprint density at radius 1 is 1.24 bits per heavy atom. The van der Waals surface area contributed by atoms with Crippen molar-refractivity contribution in [2.45, 2.75) is 51.8 Å². The van der Waals surface area contributed by atoms with Crippen LogP contribution in [0.2, 0.25) is 0 Å². The van der Waals surface area contributed by atoms with Gasteiger partial charge in [-0.2, -0.15) is 0 Å². The van der Waals surface area contributed by atoms with E-state index in [-0.39, 0.29) is 5.75 Å². The van der Waals surface area contributed by atoms with E-state index in [1.165, 1.54) is 12.1 Å². The van der Waals surface area contributed by atoms with E-state index >= 15 is 0 Å². The van der Waals surface area contributed by atoms with E-state index in [1.54, 1.807) is 6.07 Å². The molecular formula is C16H20F3NO. The van der Waals surface area contributed by atoms with E-state index in [2.05, 4.69) is 23.6 Å². The van der Waals surface area contributed by atoms with Crippen LogP contribution >= 0.6 is 0 Å². The molecule has 0 aliphatic heterocycles. The number of rotatable bonds is 6. The van der Waals surface area contributed by atoms with Crippen molar-refractivity contribution in [1.82, 2.24) is 4.98 Å². The number of aromatic amines is 1. The summed E-state index contributed by atoms with van der Waals surface area (Å²) in [5.41, 5.74) is 1.92. The number of unbranched alkanes of at least 4 members (excludes halogenated alkanes) is 1. The Morgan fingerprint density at radius 3 is 2.62 bits per heavy atom. The normalized spacial score (nSPS) is 13.6. The molecule has 0 saturated heterocycles. The molecule has 0 aliphatic carbocycles. The summed E-state index contributed by atoms with van der Waals surface area (Å²) in [7, 11) is 0. The maximum atomic E-state index is 12.3. The molecule has 0 fully saturated rings. The Hall–Kier alpha value is -1.65. The van der Waals surface area contributed by atoms with Gasteiger partial charge in [0.05, 0.1) is 0 Å². The molecule has 0 amide bonds. The Morgan fingerprint density at radius 2 is 2.00 bits per heavy atom. The van der Waals surface area contributed by atoms with Gasteiger partial charge in [0.25, 0.3) is 0 Å². The van der Waals surface area contributed by atoms with Crippen molar-refractivity contribution in [2.75, 3.05) is 0 Å². The molecule has 0 radical (unpaired) electrons. The van der Waals surface area contributed by atoms with Crippen LogP contribution in [-0.2, 0) is 0 Å². The molecule has 1 aromatic carbocycles. The first-order chi connectivity index (χ1) is 9.94. The summed E-state index contributed by atoms with van der Waals surface area (Å²) >= 11 is 0. The topological polar surface area (TPSA) is 25.0 Å². The van der Waals surface area contributed by atoms with Crippen LogP contribution in [0.25, 0.3) is 10.9 Å². The van der Waals surface area contributed by atoms with Gasteiger partial charge in [-0.05, 0) is 42.5 Å². The van der Waals surface area contributed by atoms with Crippen LogP contribution in [0.1, 0.15) is 51.0 Å². The van der Waals surface area contributed by atoms with E-state index in [0.29, 0.717) is 5.92 Å². The predicted octanol–water partition coefficient (Wildman–Crippen LogP) is 5.75. The van der Waals surface area contributed by atoms with Crippen molar-refractivity contribution in [3.8, 4) is 5.75 Å². The van der Waals surface area contributed by atoms with Gasteiger partial charge >= 0.3 is 6.36 Å². The molecule has 2 nitrogen and oxygen atoms in total. The molecule has 2 aromatic rings. The highest BCUT2D eigenvalue weighted by Crippen LogP contribution is 2.34. The monoisotopic (exact) mass is 299 g/mol. The number of fused-ring (bicyclic) bond motifs is 1. The Labute approximate surface area is 122 Å². The van der Waals surface area contributed by atoms with Crippen LogP contribution in [0.3, 0.4) is 0 Å². The minimum absolute atomic E-state index is 0.166. The maximum absolute atomic E-state index is 12.3. The zero-order chi connectivity index (χ0) is 15.5. The first-order valence-electron chi connectivity index (χ1n) is 7.31. The molecule has 1 heterocycles. The van der Waals surface area contributed by atoms with Crippen LogP contribution in [0.15, 0.2) is 24.4 Å². The summed E-state index contributed by atoms with van der Waals surface area (Å²) in [6.07, 6.45) is 1.50. The predicted molar refractivity (Wildman–Crippen MR) is 77.5 cm³/mol. The molecule has 0 bridgehead atoms. The largest absolute Gasteiger partial charge is 0.573 e. The Bertz CT molecular complexity index is 589. The average Bonchev–Trinajstić information content (AvgIpc) is 2.81. The number of halogens is 3. The van der Waals surface area contributed by atoms with Crippen molar-refractivity contribution >= 4 is 10.9 Å². The first kappa shape index (κ1) is 15.7. The number of aromatic nitrogens is 1. The lowest BCUT2D eigenvalue weighted by Gasteiger charge is -2.14. The second-order valence-electron chi connectivity index (χ2n) is 5.25. The fraction of sp³-hybridized carbons (Fsp3) is 0.500. The lowest BCUT2D eigenvalue weighted by molar-refractivity contribution is -0.274. The van der Waals surface area contributed by atoms with Crippen LogP contribution in [0.5, 0.6) is 5.75 Å².